The first-order chi connectivity index (χ1) is 11.8. The van der Waals surface area contributed by atoms with Crippen molar-refractivity contribution in [1.29, 1.82) is 0 Å². The van der Waals surface area contributed by atoms with Crippen molar-refractivity contribution in [3.8, 4) is 0 Å². The summed E-state index contributed by atoms with van der Waals surface area (Å²) in [5, 5.41) is 4.80. The van der Waals surface area contributed by atoms with Gasteiger partial charge in [-0.05, 0) is 26.8 Å². The molecule has 2 nitrogen and oxygen atoms in total. The second kappa shape index (κ2) is 5.28. The van der Waals surface area contributed by atoms with Gasteiger partial charge in [-0.3, -0.25) is 0 Å². The molecule has 0 aromatic heterocycles. The minimum atomic E-state index is -0.752. The molecule has 24 heavy (non-hydrogen) atoms. The van der Waals surface area contributed by atoms with Gasteiger partial charge in [-0.15, -0.1) is 0 Å². The molecule has 1 heterocycles. The molecule has 2 aliphatic rings. The summed E-state index contributed by atoms with van der Waals surface area (Å²) < 4.78 is 12.0. The fourth-order valence-electron chi connectivity index (χ4n) is 3.73. The van der Waals surface area contributed by atoms with Gasteiger partial charge in [0, 0.05) is 5.57 Å². The summed E-state index contributed by atoms with van der Waals surface area (Å²) >= 11 is 3.77. The molecule has 0 amide bonds. The molecule has 0 radical (unpaired) electrons. The van der Waals surface area contributed by atoms with Gasteiger partial charge in [0.2, 0.25) is 5.79 Å². The number of ether oxygens (including phenoxy) is 2. The molecular weight excluding hydrogens is 364 g/mol. The highest BCUT2D eigenvalue weighted by Gasteiger charge is 2.51. The molecule has 1 unspecified atom stereocenters. The largest absolute Gasteiger partial charge is 0.318 e. The Hall–Kier alpha value is -1.94. The summed E-state index contributed by atoms with van der Waals surface area (Å²) in [7, 11) is 0. The second-order valence-corrected chi connectivity index (χ2v) is 7.12. The predicted molar refractivity (Wildman–Crippen MR) is 99.1 cm³/mol. The van der Waals surface area contributed by atoms with Crippen molar-refractivity contribution in [3.63, 3.8) is 0 Å². The van der Waals surface area contributed by atoms with Crippen LogP contribution in [0.4, 0.5) is 0 Å². The molecule has 1 atom stereocenters. The molecule has 1 saturated heterocycles. The fraction of sp³-hybridized carbons (Fsp3) is 0.143. The number of hydrogen-bond donors (Lipinski definition) is 0. The molecule has 1 aliphatic heterocycles. The molecule has 0 saturated carbocycles. The van der Waals surface area contributed by atoms with Crippen LogP contribution in [0.2, 0.25) is 0 Å². The van der Waals surface area contributed by atoms with Crippen LogP contribution in [0.15, 0.2) is 66.7 Å². The molecule has 5 rings (SSSR count). The summed E-state index contributed by atoms with van der Waals surface area (Å²) in [4.78, 5) is -0.0254. The van der Waals surface area contributed by atoms with Crippen LogP contribution in [0, 0.1) is 0 Å². The smallest absolute Gasteiger partial charge is 0.217 e. The Morgan fingerprint density at radius 2 is 1.62 bits per heavy atom. The van der Waals surface area contributed by atoms with E-state index in [1.165, 1.54) is 21.2 Å². The third kappa shape index (κ3) is 1.89. The lowest BCUT2D eigenvalue weighted by atomic mass is 9.85. The molecule has 1 aliphatic carbocycles. The van der Waals surface area contributed by atoms with Gasteiger partial charge in [-0.2, -0.15) is 0 Å². The zero-order chi connectivity index (χ0) is 16.1. The van der Waals surface area contributed by atoms with Crippen molar-refractivity contribution in [2.75, 3.05) is 6.79 Å². The van der Waals surface area contributed by atoms with E-state index in [9.17, 15) is 0 Å². The van der Waals surface area contributed by atoms with Crippen LogP contribution >= 0.6 is 15.9 Å². The van der Waals surface area contributed by atoms with E-state index in [1.54, 1.807) is 0 Å². The standard InChI is InChI=1S/C21H15BrO2/c22-19-12-15-7-2-4-10-17(15)20(21(19)23-13-24-21)18-11-5-8-14-6-1-3-9-16(14)18/h1-12,19H,13H2. The van der Waals surface area contributed by atoms with Crippen molar-refractivity contribution in [1.82, 2.24) is 0 Å². The minimum absolute atomic E-state index is 0.0254. The molecule has 3 heteroatoms. The van der Waals surface area contributed by atoms with Gasteiger partial charge in [0.05, 0.1) is 4.83 Å². The van der Waals surface area contributed by atoms with Gasteiger partial charge in [-0.1, -0.05) is 88.7 Å². The van der Waals surface area contributed by atoms with E-state index in [0.29, 0.717) is 6.79 Å². The SMILES string of the molecule is BrC1C=c2ccccc2=C(c2cccc3ccccc23)C12OCO2. The van der Waals surface area contributed by atoms with E-state index >= 15 is 0 Å². The molecule has 3 aromatic carbocycles. The van der Waals surface area contributed by atoms with Gasteiger partial charge in [0.15, 0.2) is 6.79 Å². The molecule has 0 N–H and O–H groups in total. The molecule has 0 bridgehead atoms. The van der Waals surface area contributed by atoms with Crippen molar-refractivity contribution in [3.05, 3.63) is 82.7 Å². The van der Waals surface area contributed by atoms with E-state index in [2.05, 4.69) is 88.7 Å². The zero-order valence-corrected chi connectivity index (χ0v) is 14.5. The van der Waals surface area contributed by atoms with E-state index in [1.807, 2.05) is 0 Å². The highest BCUT2D eigenvalue weighted by molar-refractivity contribution is 9.09. The molecule has 1 spiro atoms. The Morgan fingerprint density at radius 3 is 2.46 bits per heavy atom. The van der Waals surface area contributed by atoms with Crippen molar-refractivity contribution in [2.24, 2.45) is 0 Å². The number of fused-ring (bicyclic) bond motifs is 2. The molecular formula is C21H15BrO2. The van der Waals surface area contributed by atoms with Crippen LogP contribution < -0.4 is 10.4 Å². The Bertz CT molecular complexity index is 1060. The topological polar surface area (TPSA) is 18.5 Å². The van der Waals surface area contributed by atoms with Crippen molar-refractivity contribution >= 4 is 38.4 Å². The summed E-state index contributed by atoms with van der Waals surface area (Å²) in [5.74, 6) is -0.752. The number of benzene rings is 3. The van der Waals surface area contributed by atoms with Crippen LogP contribution in [0.5, 0.6) is 0 Å². The maximum atomic E-state index is 6.01. The average Bonchev–Trinajstić information content (AvgIpc) is 2.58. The van der Waals surface area contributed by atoms with Crippen LogP contribution in [0.1, 0.15) is 5.56 Å². The summed E-state index contributed by atoms with van der Waals surface area (Å²) in [6.45, 7) is 0.326. The Morgan fingerprint density at radius 1 is 0.875 bits per heavy atom. The highest BCUT2D eigenvalue weighted by Crippen LogP contribution is 2.44. The van der Waals surface area contributed by atoms with Gasteiger partial charge >= 0.3 is 0 Å². The Kier molecular flexibility index (Phi) is 3.17. The highest BCUT2D eigenvalue weighted by atomic mass is 79.9. The number of alkyl halides is 1. The maximum Gasteiger partial charge on any atom is 0.217 e. The maximum absolute atomic E-state index is 6.01. The first-order valence-electron chi connectivity index (χ1n) is 8.01. The van der Waals surface area contributed by atoms with Crippen LogP contribution in [0.3, 0.4) is 0 Å². The third-order valence-electron chi connectivity index (χ3n) is 4.87. The van der Waals surface area contributed by atoms with Crippen LogP contribution in [-0.4, -0.2) is 17.4 Å². The van der Waals surface area contributed by atoms with E-state index in [0.717, 1.165) is 11.1 Å². The van der Waals surface area contributed by atoms with E-state index in [4.69, 9.17) is 9.47 Å². The molecule has 118 valence electrons. The lowest BCUT2D eigenvalue weighted by Gasteiger charge is -2.47. The summed E-state index contributed by atoms with van der Waals surface area (Å²) in [6, 6.07) is 23.3. The second-order valence-electron chi connectivity index (χ2n) is 6.13. The lowest BCUT2D eigenvalue weighted by Crippen LogP contribution is -2.59. The van der Waals surface area contributed by atoms with Gasteiger partial charge in [0.1, 0.15) is 0 Å². The number of rotatable bonds is 1. The van der Waals surface area contributed by atoms with E-state index < -0.39 is 5.79 Å². The first-order valence-corrected chi connectivity index (χ1v) is 8.93. The monoisotopic (exact) mass is 378 g/mol. The van der Waals surface area contributed by atoms with E-state index in [-0.39, 0.29) is 4.83 Å². The third-order valence-corrected chi connectivity index (χ3v) is 5.74. The fourth-order valence-corrected chi connectivity index (χ4v) is 4.51. The van der Waals surface area contributed by atoms with Gasteiger partial charge in [-0.25, -0.2) is 0 Å². The first kappa shape index (κ1) is 14.4. The molecule has 1 fully saturated rings. The van der Waals surface area contributed by atoms with Gasteiger partial charge in [0.25, 0.3) is 0 Å². The number of hydrogen-bond acceptors (Lipinski definition) is 2. The summed E-state index contributed by atoms with van der Waals surface area (Å²) in [6.07, 6.45) is 2.17. The van der Waals surface area contributed by atoms with Crippen LogP contribution in [0.25, 0.3) is 22.4 Å². The van der Waals surface area contributed by atoms with Gasteiger partial charge < -0.3 is 9.47 Å². The lowest BCUT2D eigenvalue weighted by molar-refractivity contribution is -0.359. The number of halogens is 1. The Labute approximate surface area is 148 Å². The zero-order valence-electron chi connectivity index (χ0n) is 12.9. The normalized spacial score (nSPS) is 21.2. The average molecular weight is 379 g/mol. The van der Waals surface area contributed by atoms with Crippen molar-refractivity contribution in [2.45, 2.75) is 10.6 Å². The van der Waals surface area contributed by atoms with Crippen LogP contribution in [-0.2, 0) is 9.47 Å². The quantitative estimate of drug-likeness (QED) is 0.605. The predicted octanol–water partition coefficient (Wildman–Crippen LogP) is 3.30. The Balaban J connectivity index is 1.95. The molecule has 3 aromatic rings. The summed E-state index contributed by atoms with van der Waals surface area (Å²) in [5.41, 5.74) is 2.27. The van der Waals surface area contributed by atoms with Crippen molar-refractivity contribution < 1.29 is 9.47 Å². The minimum Gasteiger partial charge on any atom is -0.318 e.